The molecule has 0 radical (unpaired) electrons. The minimum absolute atomic E-state index is 0.0597. The monoisotopic (exact) mass is 474 g/mol. The molecular weight excluding hydrogens is 428 g/mol. The largest absolute Gasteiger partial charge is 0.478 e. The number of ether oxygens (including phenoxy) is 5. The van der Waals surface area contributed by atoms with Crippen LogP contribution in [-0.4, -0.2) is 73.5 Å². The van der Waals surface area contributed by atoms with Gasteiger partial charge in [0, 0.05) is 13.2 Å². The Morgan fingerprint density at radius 2 is 1.67 bits per heavy atom. The third kappa shape index (κ3) is 14.8. The van der Waals surface area contributed by atoms with Crippen LogP contribution in [0.4, 0.5) is 0 Å². The number of hydrogen-bond donors (Lipinski definition) is 2. The molecule has 8 nitrogen and oxygen atoms in total. The maximum atomic E-state index is 11.0. The molecule has 0 aromatic heterocycles. The fourth-order valence-corrected chi connectivity index (χ4v) is 3.99. The second-order valence-electron chi connectivity index (χ2n) is 9.24. The Morgan fingerprint density at radius 3 is 2.27 bits per heavy atom. The fraction of sp³-hybridized carbons (Fsp3) is 0.880. The van der Waals surface area contributed by atoms with Gasteiger partial charge in [-0.05, 0) is 39.7 Å². The number of aliphatic hydroxyl groups excluding tert-OH is 1. The summed E-state index contributed by atoms with van der Waals surface area (Å²) >= 11 is 0. The highest BCUT2D eigenvalue weighted by atomic mass is 16.7. The van der Waals surface area contributed by atoms with E-state index in [9.17, 15) is 9.90 Å². The van der Waals surface area contributed by atoms with Crippen LogP contribution in [0, 0.1) is 0 Å². The molecule has 0 aliphatic carbocycles. The van der Waals surface area contributed by atoms with E-state index >= 15 is 0 Å². The summed E-state index contributed by atoms with van der Waals surface area (Å²) in [5, 5.41) is 18.3. The Morgan fingerprint density at radius 1 is 1.03 bits per heavy atom. The van der Waals surface area contributed by atoms with Crippen molar-refractivity contribution in [2.75, 3.05) is 27.1 Å². The molecule has 1 aliphatic rings. The first kappa shape index (κ1) is 30.0. The smallest absolute Gasteiger partial charge is 0.328 e. The summed E-state index contributed by atoms with van der Waals surface area (Å²) in [6.45, 7) is 6.47. The van der Waals surface area contributed by atoms with Gasteiger partial charge in [-0.25, -0.2) is 4.79 Å². The van der Waals surface area contributed by atoms with Crippen molar-refractivity contribution < 1.29 is 38.7 Å². The lowest BCUT2D eigenvalue weighted by Crippen LogP contribution is -2.54. The summed E-state index contributed by atoms with van der Waals surface area (Å²) in [6, 6.07) is 0. The second-order valence-corrected chi connectivity index (χ2v) is 9.24. The SMILES string of the molecule is COCCOCO[C@@H]1[C@@H](/C=C/C(=O)O)OC(C)(C)O[C@@H]1CCCCCCCCCC[C@H](C)O. The summed E-state index contributed by atoms with van der Waals surface area (Å²) in [4.78, 5) is 11.0. The summed E-state index contributed by atoms with van der Waals surface area (Å²) < 4.78 is 28.5. The number of hydrogen-bond acceptors (Lipinski definition) is 7. The molecule has 0 saturated carbocycles. The Balaban J connectivity index is 2.48. The number of carboxylic acids is 1. The average molecular weight is 475 g/mol. The molecule has 0 bridgehead atoms. The first-order valence-electron chi connectivity index (χ1n) is 12.4. The quantitative estimate of drug-likeness (QED) is 0.161. The minimum Gasteiger partial charge on any atom is -0.478 e. The average Bonchev–Trinajstić information content (AvgIpc) is 2.73. The van der Waals surface area contributed by atoms with Crippen molar-refractivity contribution >= 4 is 5.97 Å². The molecule has 0 aromatic rings. The maximum absolute atomic E-state index is 11.0. The van der Waals surface area contributed by atoms with Crippen molar-refractivity contribution in [3.05, 3.63) is 12.2 Å². The van der Waals surface area contributed by atoms with Crippen LogP contribution in [0.25, 0.3) is 0 Å². The Kier molecular flexibility index (Phi) is 15.8. The van der Waals surface area contributed by atoms with Gasteiger partial charge in [-0.3, -0.25) is 0 Å². The van der Waals surface area contributed by atoms with Gasteiger partial charge in [0.2, 0.25) is 0 Å². The fourth-order valence-electron chi connectivity index (χ4n) is 3.99. The van der Waals surface area contributed by atoms with Crippen molar-refractivity contribution in [2.45, 2.75) is 115 Å². The number of carbonyl (C=O) groups is 1. The summed E-state index contributed by atoms with van der Waals surface area (Å²) in [5.74, 6) is -1.86. The van der Waals surface area contributed by atoms with Gasteiger partial charge < -0.3 is 33.9 Å². The molecule has 2 N–H and O–H groups in total. The van der Waals surface area contributed by atoms with Crippen molar-refractivity contribution in [3.8, 4) is 0 Å². The molecule has 8 heteroatoms. The van der Waals surface area contributed by atoms with Crippen molar-refractivity contribution in [2.24, 2.45) is 0 Å². The molecule has 33 heavy (non-hydrogen) atoms. The molecular formula is C25H46O8. The van der Waals surface area contributed by atoms with Crippen LogP contribution in [0.2, 0.25) is 0 Å². The van der Waals surface area contributed by atoms with Gasteiger partial charge >= 0.3 is 5.97 Å². The topological polar surface area (TPSA) is 104 Å². The zero-order valence-corrected chi connectivity index (χ0v) is 21.0. The third-order valence-corrected chi connectivity index (χ3v) is 5.61. The molecule has 4 atom stereocenters. The van der Waals surface area contributed by atoms with Gasteiger partial charge in [0.25, 0.3) is 0 Å². The first-order chi connectivity index (χ1) is 15.7. The van der Waals surface area contributed by atoms with E-state index in [-0.39, 0.29) is 19.0 Å². The van der Waals surface area contributed by atoms with Gasteiger partial charge in [0.05, 0.1) is 25.4 Å². The Hall–Kier alpha value is -1.03. The third-order valence-electron chi connectivity index (χ3n) is 5.61. The van der Waals surface area contributed by atoms with E-state index in [0.717, 1.165) is 38.2 Å². The van der Waals surface area contributed by atoms with Crippen LogP contribution in [0.5, 0.6) is 0 Å². The van der Waals surface area contributed by atoms with Gasteiger partial charge in [-0.1, -0.05) is 51.4 Å². The highest BCUT2D eigenvalue weighted by molar-refractivity contribution is 5.79. The van der Waals surface area contributed by atoms with Gasteiger partial charge in [0.15, 0.2) is 5.79 Å². The zero-order chi connectivity index (χ0) is 24.5. The summed E-state index contributed by atoms with van der Waals surface area (Å²) in [5.41, 5.74) is 0. The molecule has 194 valence electrons. The molecule has 1 heterocycles. The van der Waals surface area contributed by atoms with Crippen LogP contribution in [0.15, 0.2) is 12.2 Å². The molecule has 0 unspecified atom stereocenters. The lowest BCUT2D eigenvalue weighted by molar-refractivity contribution is -0.336. The van der Waals surface area contributed by atoms with Crippen LogP contribution in [0.1, 0.15) is 85.0 Å². The number of aliphatic carboxylic acids is 1. The highest BCUT2D eigenvalue weighted by Gasteiger charge is 2.42. The summed E-state index contributed by atoms with van der Waals surface area (Å²) in [7, 11) is 1.61. The van der Waals surface area contributed by atoms with E-state index in [0.29, 0.717) is 13.2 Å². The molecule has 1 rings (SSSR count). The first-order valence-corrected chi connectivity index (χ1v) is 12.4. The van der Waals surface area contributed by atoms with E-state index in [4.69, 9.17) is 28.8 Å². The van der Waals surface area contributed by atoms with Crippen LogP contribution in [0.3, 0.4) is 0 Å². The van der Waals surface area contributed by atoms with Crippen LogP contribution >= 0.6 is 0 Å². The zero-order valence-electron chi connectivity index (χ0n) is 21.0. The Labute approximate surface area is 199 Å². The maximum Gasteiger partial charge on any atom is 0.328 e. The highest BCUT2D eigenvalue weighted by Crippen LogP contribution is 2.32. The van der Waals surface area contributed by atoms with E-state index < -0.39 is 24.0 Å². The van der Waals surface area contributed by atoms with Gasteiger partial charge in [-0.15, -0.1) is 0 Å². The molecule has 1 aliphatic heterocycles. The number of unbranched alkanes of at least 4 members (excludes halogenated alkanes) is 7. The predicted molar refractivity (Wildman–Crippen MR) is 126 cm³/mol. The van der Waals surface area contributed by atoms with Crippen molar-refractivity contribution in [1.82, 2.24) is 0 Å². The number of methoxy groups -OCH3 is 1. The number of rotatable bonds is 19. The van der Waals surface area contributed by atoms with Crippen LogP contribution < -0.4 is 0 Å². The molecule has 1 saturated heterocycles. The van der Waals surface area contributed by atoms with E-state index in [2.05, 4.69) is 0 Å². The van der Waals surface area contributed by atoms with E-state index in [1.165, 1.54) is 38.2 Å². The molecule has 0 spiro atoms. The Bertz CT molecular complexity index is 534. The molecule has 0 amide bonds. The molecule has 0 aromatic carbocycles. The summed E-state index contributed by atoms with van der Waals surface area (Å²) in [6.07, 6.45) is 12.2. The minimum atomic E-state index is -1.03. The van der Waals surface area contributed by atoms with Gasteiger partial charge in [0.1, 0.15) is 19.0 Å². The van der Waals surface area contributed by atoms with Crippen LogP contribution in [-0.2, 0) is 28.5 Å². The standard InChI is InChI=1S/C25H46O8/c1-20(26)13-11-9-7-5-6-8-10-12-14-21-24(31-19-30-18-17-29-4)22(15-16-23(27)28)33-25(2,3)32-21/h15-16,20-22,24,26H,5-14,17-19H2,1-4H3,(H,27,28)/b16-15+/t20-,21+,22+,24-/m0/s1. The predicted octanol–water partition coefficient (Wildman–Crippen LogP) is 4.43. The van der Waals surface area contributed by atoms with Crippen molar-refractivity contribution in [1.29, 1.82) is 0 Å². The lowest BCUT2D eigenvalue weighted by atomic mass is 9.97. The normalized spacial score (nSPS) is 23.7. The second kappa shape index (κ2) is 17.4. The van der Waals surface area contributed by atoms with Gasteiger partial charge in [-0.2, -0.15) is 0 Å². The van der Waals surface area contributed by atoms with E-state index in [1.54, 1.807) is 7.11 Å². The lowest BCUT2D eigenvalue weighted by Gasteiger charge is -2.45. The number of aliphatic hydroxyl groups is 1. The van der Waals surface area contributed by atoms with Crippen molar-refractivity contribution in [3.63, 3.8) is 0 Å². The van der Waals surface area contributed by atoms with E-state index in [1.807, 2.05) is 20.8 Å². The molecule has 1 fully saturated rings. The number of carboxylic acid groups (broad SMARTS) is 1.